The zero-order valence-electron chi connectivity index (χ0n) is 8.74. The van der Waals surface area contributed by atoms with Crippen LogP contribution in [-0.4, -0.2) is 15.4 Å². The highest BCUT2D eigenvalue weighted by Crippen LogP contribution is 2.38. The van der Waals surface area contributed by atoms with E-state index in [9.17, 15) is 8.78 Å². The van der Waals surface area contributed by atoms with Crippen molar-refractivity contribution < 1.29 is 8.78 Å². The minimum absolute atomic E-state index is 0.292. The Hall–Kier alpha value is -0.320. The molecule has 1 aromatic rings. The summed E-state index contributed by atoms with van der Waals surface area (Å²) in [5.74, 6) is -2.51. The molecule has 0 radical (unpaired) electrons. The van der Waals surface area contributed by atoms with Crippen molar-refractivity contribution in [1.82, 2.24) is 4.37 Å². The second kappa shape index (κ2) is 6.42. The summed E-state index contributed by atoms with van der Waals surface area (Å²) in [4.78, 5) is 0. The number of hydrogen-bond donors (Lipinski definition) is 0. The lowest BCUT2D eigenvalue weighted by molar-refractivity contribution is 0.252. The van der Waals surface area contributed by atoms with Gasteiger partial charge in [-0.15, -0.1) is 11.8 Å². The second-order valence-corrected chi connectivity index (χ2v) is 6.44. The summed E-state index contributed by atoms with van der Waals surface area (Å²) in [5.41, 5.74) is 0.292. The fraction of sp³-hybridized carbons (Fsp3) is 0.556. The molecule has 0 amide bonds. The summed E-state index contributed by atoms with van der Waals surface area (Å²) in [7, 11) is 0. The van der Waals surface area contributed by atoms with Gasteiger partial charge in [0.1, 0.15) is 20.9 Å². The first-order valence-electron chi connectivity index (χ1n) is 4.59. The first-order chi connectivity index (χ1) is 7.58. The maximum atomic E-state index is 12.2. The van der Waals surface area contributed by atoms with Gasteiger partial charge < -0.3 is 0 Å². The van der Waals surface area contributed by atoms with E-state index in [-0.39, 0.29) is 0 Å². The van der Waals surface area contributed by atoms with Gasteiger partial charge >= 0.3 is 0 Å². The van der Waals surface area contributed by atoms with Crippen molar-refractivity contribution in [3.63, 3.8) is 0 Å². The Morgan fingerprint density at radius 2 is 2.19 bits per heavy atom. The standard InChI is InChI=1S/C9H10F2N2S3/c1-3-5(2)14-7-6(4-12)8(16-13-7)15-9(10)11/h5,9H,3H2,1-2H3. The first kappa shape index (κ1) is 13.7. The maximum Gasteiger partial charge on any atom is 0.289 e. The van der Waals surface area contributed by atoms with Gasteiger partial charge in [-0.2, -0.15) is 18.4 Å². The summed E-state index contributed by atoms with van der Waals surface area (Å²) in [6, 6.07) is 1.95. The van der Waals surface area contributed by atoms with E-state index in [0.29, 0.717) is 31.8 Å². The number of nitriles is 1. The van der Waals surface area contributed by atoms with Crippen LogP contribution in [0.4, 0.5) is 8.78 Å². The van der Waals surface area contributed by atoms with E-state index in [4.69, 9.17) is 5.26 Å². The quantitative estimate of drug-likeness (QED) is 0.757. The second-order valence-electron chi connectivity index (χ2n) is 2.98. The molecular weight excluding hydrogens is 270 g/mol. The van der Waals surface area contributed by atoms with Crippen LogP contribution in [0.15, 0.2) is 9.24 Å². The average molecular weight is 280 g/mol. The van der Waals surface area contributed by atoms with Crippen LogP contribution >= 0.6 is 35.1 Å². The number of halogens is 2. The SMILES string of the molecule is CCC(C)Sc1nsc(SC(F)F)c1C#N. The third-order valence-corrected chi connectivity index (χ3v) is 4.95. The van der Waals surface area contributed by atoms with E-state index in [2.05, 4.69) is 4.37 Å². The van der Waals surface area contributed by atoms with E-state index < -0.39 is 5.76 Å². The fourth-order valence-corrected chi connectivity index (χ4v) is 3.51. The van der Waals surface area contributed by atoms with E-state index >= 15 is 0 Å². The van der Waals surface area contributed by atoms with Gasteiger partial charge in [-0.05, 0) is 29.7 Å². The van der Waals surface area contributed by atoms with Gasteiger partial charge in [0, 0.05) is 5.25 Å². The topological polar surface area (TPSA) is 36.7 Å². The molecule has 0 aliphatic rings. The predicted molar refractivity (Wildman–Crippen MR) is 64.3 cm³/mol. The average Bonchev–Trinajstić information content (AvgIpc) is 2.59. The molecule has 0 N–H and O–H groups in total. The summed E-state index contributed by atoms with van der Waals surface area (Å²) in [5, 5.41) is 9.84. The molecule has 0 aromatic carbocycles. The molecule has 0 spiro atoms. The van der Waals surface area contributed by atoms with Crippen LogP contribution in [-0.2, 0) is 0 Å². The molecule has 0 saturated heterocycles. The molecule has 7 heteroatoms. The molecule has 0 bridgehead atoms. The van der Waals surface area contributed by atoms with Gasteiger partial charge in [0.2, 0.25) is 0 Å². The molecule has 1 aromatic heterocycles. The van der Waals surface area contributed by atoms with Crippen molar-refractivity contribution in [2.24, 2.45) is 0 Å². The Labute approximate surface area is 106 Å². The van der Waals surface area contributed by atoms with Crippen LogP contribution < -0.4 is 0 Å². The Balaban J connectivity index is 2.87. The van der Waals surface area contributed by atoms with Crippen LogP contribution in [0, 0.1) is 11.3 Å². The summed E-state index contributed by atoms with van der Waals surface area (Å²) >= 11 is 2.82. The fourth-order valence-electron chi connectivity index (χ4n) is 0.871. The lowest BCUT2D eigenvalue weighted by atomic mass is 10.4. The smallest absolute Gasteiger partial charge is 0.198 e. The molecule has 1 atom stereocenters. The molecule has 1 rings (SSSR count). The van der Waals surface area contributed by atoms with Crippen LogP contribution in [0.25, 0.3) is 0 Å². The van der Waals surface area contributed by atoms with Gasteiger partial charge in [-0.25, -0.2) is 0 Å². The number of nitrogens with zero attached hydrogens (tertiary/aromatic N) is 2. The molecule has 0 saturated carbocycles. The molecule has 1 unspecified atom stereocenters. The van der Waals surface area contributed by atoms with Crippen molar-refractivity contribution >= 4 is 35.1 Å². The highest BCUT2D eigenvalue weighted by atomic mass is 32.2. The van der Waals surface area contributed by atoms with E-state index in [1.165, 1.54) is 11.8 Å². The van der Waals surface area contributed by atoms with Gasteiger partial charge in [-0.3, -0.25) is 0 Å². The minimum Gasteiger partial charge on any atom is -0.198 e. The number of thioether (sulfide) groups is 2. The molecule has 0 fully saturated rings. The van der Waals surface area contributed by atoms with Gasteiger partial charge in [0.25, 0.3) is 5.76 Å². The predicted octanol–water partition coefficient (Wildman–Crippen LogP) is 4.22. The van der Waals surface area contributed by atoms with Gasteiger partial charge in [0.15, 0.2) is 0 Å². The Morgan fingerprint density at radius 1 is 1.50 bits per heavy atom. The zero-order valence-corrected chi connectivity index (χ0v) is 11.2. The van der Waals surface area contributed by atoms with Crippen molar-refractivity contribution in [3.05, 3.63) is 5.56 Å². The van der Waals surface area contributed by atoms with Crippen LogP contribution in [0.5, 0.6) is 0 Å². The summed E-state index contributed by atoms with van der Waals surface area (Å²) < 4.78 is 28.8. The van der Waals surface area contributed by atoms with Crippen LogP contribution in [0.1, 0.15) is 25.8 Å². The van der Waals surface area contributed by atoms with Crippen molar-refractivity contribution in [2.45, 2.75) is 40.5 Å². The van der Waals surface area contributed by atoms with Crippen LogP contribution in [0.2, 0.25) is 0 Å². The Bertz CT molecular complexity index is 387. The molecule has 88 valence electrons. The molecular formula is C9H10F2N2S3. The van der Waals surface area contributed by atoms with Gasteiger partial charge in [-0.1, -0.05) is 13.8 Å². The first-order valence-corrected chi connectivity index (χ1v) is 7.13. The number of hydrogen-bond acceptors (Lipinski definition) is 5. The van der Waals surface area contributed by atoms with Crippen LogP contribution in [0.3, 0.4) is 0 Å². The number of rotatable bonds is 5. The third-order valence-electron chi connectivity index (χ3n) is 1.83. The van der Waals surface area contributed by atoms with Gasteiger partial charge in [0.05, 0.1) is 0 Å². The van der Waals surface area contributed by atoms with Crippen molar-refractivity contribution in [2.75, 3.05) is 0 Å². The maximum absolute atomic E-state index is 12.2. The molecule has 1 heterocycles. The minimum atomic E-state index is -2.51. The number of aromatic nitrogens is 1. The highest BCUT2D eigenvalue weighted by Gasteiger charge is 2.19. The molecule has 16 heavy (non-hydrogen) atoms. The third kappa shape index (κ3) is 3.61. The Kier molecular flexibility index (Phi) is 5.52. The monoisotopic (exact) mass is 280 g/mol. The largest absolute Gasteiger partial charge is 0.289 e. The normalized spacial score (nSPS) is 12.8. The van der Waals surface area contributed by atoms with Crippen molar-refractivity contribution in [1.29, 1.82) is 5.26 Å². The van der Waals surface area contributed by atoms with E-state index in [0.717, 1.165) is 18.0 Å². The van der Waals surface area contributed by atoms with Crippen molar-refractivity contribution in [3.8, 4) is 6.07 Å². The molecule has 0 aliphatic heterocycles. The van der Waals surface area contributed by atoms with E-state index in [1.54, 1.807) is 0 Å². The Morgan fingerprint density at radius 3 is 2.69 bits per heavy atom. The highest BCUT2D eigenvalue weighted by molar-refractivity contribution is 8.02. The zero-order chi connectivity index (χ0) is 12.1. The number of alkyl halides is 2. The summed E-state index contributed by atoms with van der Waals surface area (Å²) in [6.07, 6.45) is 0.949. The lowest BCUT2D eigenvalue weighted by Gasteiger charge is -2.04. The van der Waals surface area contributed by atoms with E-state index in [1.807, 2.05) is 19.9 Å². The molecule has 0 aliphatic carbocycles. The molecule has 2 nitrogen and oxygen atoms in total. The lowest BCUT2D eigenvalue weighted by Crippen LogP contribution is -1.93. The summed E-state index contributed by atoms with van der Waals surface area (Å²) in [6.45, 7) is 4.05.